The SMILES string of the molecule is CC(C)(C)OC(=O)N1CCCC2C1C2(F)Br. The summed E-state index contributed by atoms with van der Waals surface area (Å²) in [6, 6.07) is -0.337. The molecule has 1 saturated carbocycles. The Hall–Kier alpha value is -0.320. The van der Waals surface area contributed by atoms with Crippen molar-refractivity contribution in [3.8, 4) is 0 Å². The number of halogens is 2. The van der Waals surface area contributed by atoms with E-state index in [2.05, 4.69) is 15.9 Å². The standard InChI is InChI=1S/C11H17BrFNO2/c1-10(2,3)16-9(15)14-6-4-5-7-8(14)11(7,12)13/h7-8H,4-6H2,1-3H3. The molecule has 0 aromatic heterocycles. The molecule has 3 unspecified atom stereocenters. The second kappa shape index (κ2) is 3.59. The quantitative estimate of drug-likeness (QED) is 0.643. The van der Waals surface area contributed by atoms with Crippen molar-refractivity contribution >= 4 is 22.0 Å². The van der Waals surface area contributed by atoms with Gasteiger partial charge in [0, 0.05) is 12.5 Å². The van der Waals surface area contributed by atoms with Crippen molar-refractivity contribution in [3.63, 3.8) is 0 Å². The number of carbonyl (C=O) groups excluding carboxylic acids is 1. The maximum atomic E-state index is 13.9. The summed E-state index contributed by atoms with van der Waals surface area (Å²) >= 11 is 3.05. The van der Waals surface area contributed by atoms with Crippen LogP contribution in [0.15, 0.2) is 0 Å². The molecular weight excluding hydrogens is 277 g/mol. The van der Waals surface area contributed by atoms with E-state index in [1.165, 1.54) is 4.90 Å². The maximum Gasteiger partial charge on any atom is 0.410 e. The Balaban J connectivity index is 2.02. The number of likely N-dealkylation sites (tertiary alicyclic amines) is 1. The van der Waals surface area contributed by atoms with E-state index < -0.39 is 16.3 Å². The number of amides is 1. The van der Waals surface area contributed by atoms with Crippen LogP contribution in [0.4, 0.5) is 9.18 Å². The van der Waals surface area contributed by atoms with Crippen LogP contribution in [0, 0.1) is 5.92 Å². The van der Waals surface area contributed by atoms with Gasteiger partial charge in [-0.25, -0.2) is 9.18 Å². The molecule has 0 N–H and O–H groups in total. The van der Waals surface area contributed by atoms with Gasteiger partial charge in [-0.2, -0.15) is 0 Å². The molecule has 0 spiro atoms. The highest BCUT2D eigenvalue weighted by Crippen LogP contribution is 2.59. The first-order valence-electron chi connectivity index (χ1n) is 5.61. The third-order valence-corrected chi connectivity index (χ3v) is 4.10. The van der Waals surface area contributed by atoms with E-state index in [4.69, 9.17) is 4.74 Å². The normalized spacial score (nSPS) is 37.9. The summed E-state index contributed by atoms with van der Waals surface area (Å²) in [6.45, 7) is 6.04. The molecule has 2 fully saturated rings. The Kier molecular flexibility index (Phi) is 2.72. The maximum absolute atomic E-state index is 13.9. The van der Waals surface area contributed by atoms with Crippen LogP contribution in [-0.2, 0) is 4.74 Å². The van der Waals surface area contributed by atoms with Gasteiger partial charge in [0.15, 0.2) is 4.58 Å². The summed E-state index contributed by atoms with van der Waals surface area (Å²) in [5.74, 6) is -0.0613. The second-order valence-electron chi connectivity index (χ2n) is 5.54. The molecule has 0 aromatic rings. The number of ether oxygens (including phenoxy) is 1. The molecule has 16 heavy (non-hydrogen) atoms. The predicted octanol–water partition coefficient (Wildman–Crippen LogP) is 3.08. The summed E-state index contributed by atoms with van der Waals surface area (Å²) in [7, 11) is 0. The number of alkyl halides is 2. The van der Waals surface area contributed by atoms with Crippen molar-refractivity contribution in [1.82, 2.24) is 4.90 Å². The van der Waals surface area contributed by atoms with E-state index in [1.54, 1.807) is 0 Å². The molecule has 0 bridgehead atoms. The van der Waals surface area contributed by atoms with Crippen molar-refractivity contribution in [1.29, 1.82) is 0 Å². The van der Waals surface area contributed by atoms with Crippen LogP contribution in [0.3, 0.4) is 0 Å². The van der Waals surface area contributed by atoms with E-state index in [9.17, 15) is 9.18 Å². The van der Waals surface area contributed by atoms with Crippen LogP contribution in [0.25, 0.3) is 0 Å². The van der Waals surface area contributed by atoms with Crippen LogP contribution >= 0.6 is 15.9 Å². The molecular formula is C11H17BrFNO2. The van der Waals surface area contributed by atoms with Crippen molar-refractivity contribution in [2.75, 3.05) is 6.54 Å². The minimum absolute atomic E-state index is 0.0613. The summed E-state index contributed by atoms with van der Waals surface area (Å²) < 4.78 is 17.8. The third-order valence-electron chi connectivity index (χ3n) is 3.04. The van der Waals surface area contributed by atoms with Crippen molar-refractivity contribution < 1.29 is 13.9 Å². The Bertz CT molecular complexity index is 314. The lowest BCUT2D eigenvalue weighted by Crippen LogP contribution is -2.42. The molecule has 1 aliphatic carbocycles. The van der Waals surface area contributed by atoms with Gasteiger partial charge < -0.3 is 9.64 Å². The van der Waals surface area contributed by atoms with Gasteiger partial charge in [0.25, 0.3) is 0 Å². The Morgan fingerprint density at radius 1 is 1.56 bits per heavy atom. The largest absolute Gasteiger partial charge is 0.444 e. The molecule has 3 atom stereocenters. The molecule has 1 heterocycles. The fraction of sp³-hybridized carbons (Fsp3) is 0.909. The number of carbonyl (C=O) groups is 1. The number of piperidine rings is 1. The molecule has 3 nitrogen and oxygen atoms in total. The predicted molar refractivity (Wildman–Crippen MR) is 62.2 cm³/mol. The van der Waals surface area contributed by atoms with E-state index in [-0.39, 0.29) is 12.0 Å². The zero-order valence-electron chi connectivity index (χ0n) is 9.80. The van der Waals surface area contributed by atoms with E-state index in [0.29, 0.717) is 6.54 Å². The summed E-state index contributed by atoms with van der Waals surface area (Å²) in [5, 5.41) is 0. The van der Waals surface area contributed by atoms with Crippen LogP contribution < -0.4 is 0 Å². The zero-order chi connectivity index (χ0) is 12.1. The molecule has 0 aromatic carbocycles. The number of nitrogens with zero attached hydrogens (tertiary/aromatic N) is 1. The van der Waals surface area contributed by atoms with Crippen molar-refractivity contribution in [2.24, 2.45) is 5.92 Å². The van der Waals surface area contributed by atoms with Gasteiger partial charge in [0.05, 0.1) is 6.04 Å². The average molecular weight is 294 g/mol. The second-order valence-corrected chi connectivity index (χ2v) is 6.76. The highest BCUT2D eigenvalue weighted by molar-refractivity contribution is 9.10. The van der Waals surface area contributed by atoms with Crippen LogP contribution in [0.1, 0.15) is 33.6 Å². The van der Waals surface area contributed by atoms with Gasteiger partial charge in [0.2, 0.25) is 0 Å². The smallest absolute Gasteiger partial charge is 0.410 e. The minimum Gasteiger partial charge on any atom is -0.444 e. The number of hydrogen-bond acceptors (Lipinski definition) is 2. The highest BCUT2D eigenvalue weighted by Gasteiger charge is 2.69. The Morgan fingerprint density at radius 3 is 2.75 bits per heavy atom. The molecule has 92 valence electrons. The van der Waals surface area contributed by atoms with Gasteiger partial charge in [-0.1, -0.05) is 0 Å². The van der Waals surface area contributed by atoms with Gasteiger partial charge in [-0.3, -0.25) is 0 Å². The van der Waals surface area contributed by atoms with E-state index in [1.807, 2.05) is 20.8 Å². The molecule has 1 saturated heterocycles. The summed E-state index contributed by atoms with van der Waals surface area (Å²) in [4.78, 5) is 13.4. The fourth-order valence-corrected chi connectivity index (χ4v) is 3.21. The first kappa shape index (κ1) is 12.1. The molecule has 0 radical (unpaired) electrons. The third kappa shape index (κ3) is 2.06. The van der Waals surface area contributed by atoms with E-state index in [0.717, 1.165) is 12.8 Å². The lowest BCUT2D eigenvalue weighted by Gasteiger charge is -2.29. The van der Waals surface area contributed by atoms with Gasteiger partial charge in [0.1, 0.15) is 5.60 Å². The van der Waals surface area contributed by atoms with Gasteiger partial charge >= 0.3 is 6.09 Å². The first-order chi connectivity index (χ1) is 7.23. The Labute approximate surface area is 103 Å². The molecule has 1 amide bonds. The van der Waals surface area contributed by atoms with Crippen LogP contribution in [0.2, 0.25) is 0 Å². The molecule has 2 aliphatic rings. The lowest BCUT2D eigenvalue weighted by atomic mass is 10.1. The number of rotatable bonds is 0. The van der Waals surface area contributed by atoms with Gasteiger partial charge in [-0.15, -0.1) is 0 Å². The zero-order valence-corrected chi connectivity index (χ0v) is 11.4. The molecule has 2 rings (SSSR count). The number of hydrogen-bond donors (Lipinski definition) is 0. The highest BCUT2D eigenvalue weighted by atomic mass is 79.9. The first-order valence-corrected chi connectivity index (χ1v) is 6.40. The monoisotopic (exact) mass is 293 g/mol. The van der Waals surface area contributed by atoms with Crippen molar-refractivity contribution in [2.45, 2.75) is 49.8 Å². The fourth-order valence-electron chi connectivity index (χ4n) is 2.29. The van der Waals surface area contributed by atoms with Crippen LogP contribution in [-0.4, -0.2) is 33.8 Å². The molecule has 1 aliphatic heterocycles. The van der Waals surface area contributed by atoms with Gasteiger partial charge in [-0.05, 0) is 49.5 Å². The average Bonchev–Trinajstić information content (AvgIpc) is 2.67. The van der Waals surface area contributed by atoms with Crippen molar-refractivity contribution in [3.05, 3.63) is 0 Å². The van der Waals surface area contributed by atoms with E-state index >= 15 is 0 Å². The minimum atomic E-state index is -1.39. The lowest BCUT2D eigenvalue weighted by molar-refractivity contribution is 0.0182. The summed E-state index contributed by atoms with van der Waals surface area (Å²) in [5.41, 5.74) is -0.524. The molecule has 5 heteroatoms. The summed E-state index contributed by atoms with van der Waals surface area (Å²) in [6.07, 6.45) is 1.28. The number of fused-ring (bicyclic) bond motifs is 1. The Morgan fingerprint density at radius 2 is 2.19 bits per heavy atom. The topological polar surface area (TPSA) is 29.5 Å². The van der Waals surface area contributed by atoms with Crippen LogP contribution in [0.5, 0.6) is 0 Å².